The minimum atomic E-state index is -4.10. The topological polar surface area (TPSA) is 109 Å². The zero-order chi connectivity index (χ0) is 32.5. The van der Waals surface area contributed by atoms with Crippen molar-refractivity contribution in [2.45, 2.75) is 165 Å². The van der Waals surface area contributed by atoms with Gasteiger partial charge in [0.1, 0.15) is 0 Å². The van der Waals surface area contributed by atoms with Crippen molar-refractivity contribution in [3.05, 3.63) is 59.7 Å². The Morgan fingerprint density at radius 1 is 0.444 bits per heavy atom. The quantitative estimate of drug-likeness (QED) is 0.0673. The summed E-state index contributed by atoms with van der Waals surface area (Å²) in [6.45, 7) is 4.47. The second-order valence-electron chi connectivity index (χ2n) is 12.0. The molecule has 0 aromatic heterocycles. The average Bonchev–Trinajstić information content (AvgIpc) is 2.99. The molecule has 2 N–H and O–H groups in total. The number of aryl methyl sites for hydroxylation is 2. The van der Waals surface area contributed by atoms with Crippen molar-refractivity contribution in [2.24, 2.45) is 0 Å². The van der Waals surface area contributed by atoms with Crippen molar-refractivity contribution >= 4 is 20.2 Å². The molecule has 0 saturated carbocycles. The molecular weight excluding hydrogens is 599 g/mol. The fraction of sp³-hybridized carbons (Fsp3) is 0.667. The van der Waals surface area contributed by atoms with E-state index in [1.54, 1.807) is 24.3 Å². The molecule has 0 aliphatic heterocycles. The predicted octanol–water partition coefficient (Wildman–Crippen LogP) is 7.91. The summed E-state index contributed by atoms with van der Waals surface area (Å²) in [4.78, 5) is 0.122. The maximum Gasteiger partial charge on any atom is 1.00 e. The zero-order valence-corrected chi connectivity index (χ0v) is 30.2. The molecule has 0 aliphatic carbocycles. The van der Waals surface area contributed by atoms with Gasteiger partial charge in [0.25, 0.3) is 20.2 Å². The first-order valence-corrected chi connectivity index (χ1v) is 20.1. The Morgan fingerprint density at radius 3 is 0.956 bits per heavy atom. The largest absolute Gasteiger partial charge is 1.00 e. The molecule has 2 rings (SSSR count). The Balaban J connectivity index is 0. The van der Waals surface area contributed by atoms with Crippen LogP contribution in [-0.4, -0.2) is 25.9 Å². The monoisotopic (exact) mass is 660 g/mol. The van der Waals surface area contributed by atoms with Crippen LogP contribution in [0.15, 0.2) is 58.3 Å². The molecule has 45 heavy (non-hydrogen) atoms. The maximum atomic E-state index is 11.3. The maximum absolute atomic E-state index is 11.3. The van der Waals surface area contributed by atoms with Crippen molar-refractivity contribution in [3.8, 4) is 0 Å². The number of unbranched alkanes of at least 4 members (excludes halogenated alkanes) is 18. The summed E-state index contributed by atoms with van der Waals surface area (Å²) in [6.07, 6.45) is 26.6. The Kier molecular flexibility index (Phi) is 26.2. The van der Waals surface area contributed by atoms with Gasteiger partial charge in [-0.3, -0.25) is 9.11 Å². The van der Waals surface area contributed by atoms with Crippen LogP contribution < -0.4 is 18.9 Å². The van der Waals surface area contributed by atoms with Gasteiger partial charge in [-0.05, 0) is 48.9 Å². The molecule has 0 bridgehead atoms. The summed E-state index contributed by atoms with van der Waals surface area (Å²) in [6, 6.07) is 13.5. The third-order valence-corrected chi connectivity index (χ3v) is 10.0. The van der Waals surface area contributed by atoms with E-state index in [2.05, 4.69) is 13.8 Å². The fourth-order valence-electron chi connectivity index (χ4n) is 5.53. The Morgan fingerprint density at radius 2 is 0.689 bits per heavy atom. The average molecular weight is 661 g/mol. The molecule has 0 saturated heterocycles. The molecule has 0 unspecified atom stereocenters. The van der Waals surface area contributed by atoms with Gasteiger partial charge in [-0.1, -0.05) is 166 Å². The first-order valence-electron chi connectivity index (χ1n) is 17.2. The number of hydrogen-bond acceptors (Lipinski definition) is 4. The Hall–Kier alpha value is -1.14. The van der Waals surface area contributed by atoms with E-state index in [1.165, 1.54) is 115 Å². The van der Waals surface area contributed by atoms with Gasteiger partial charge in [0.15, 0.2) is 0 Å². The summed E-state index contributed by atoms with van der Waals surface area (Å²) in [5.74, 6) is 0. The van der Waals surface area contributed by atoms with Crippen LogP contribution in [0.4, 0.5) is 0 Å². The van der Waals surface area contributed by atoms with Crippen LogP contribution in [0.5, 0.6) is 0 Å². The molecule has 9 heteroatoms. The van der Waals surface area contributed by atoms with Crippen molar-refractivity contribution in [1.82, 2.24) is 0 Å². The van der Waals surface area contributed by atoms with Gasteiger partial charge in [-0.2, -0.15) is 16.8 Å². The minimum Gasteiger partial charge on any atom is -1.00 e. The molecule has 0 aliphatic rings. The summed E-state index contributed by atoms with van der Waals surface area (Å²) in [5, 5.41) is 0. The molecule has 0 amide bonds. The molecule has 0 spiro atoms. The summed E-state index contributed by atoms with van der Waals surface area (Å²) in [5.41, 5.74) is 1.45. The molecule has 2 aromatic rings. The van der Waals surface area contributed by atoms with Gasteiger partial charge >= 0.3 is 18.9 Å². The fourth-order valence-corrected chi connectivity index (χ4v) is 7.03. The zero-order valence-electron chi connectivity index (χ0n) is 29.5. The van der Waals surface area contributed by atoms with Crippen LogP contribution in [0, 0.1) is 0 Å². The van der Waals surface area contributed by atoms with E-state index < -0.39 is 20.2 Å². The van der Waals surface area contributed by atoms with E-state index in [-0.39, 0.29) is 30.1 Å². The standard InChI is InChI=1S/2C18H30O3S.Li.H/c2*1-2-3-4-5-6-7-8-9-10-11-14-17-15-12-13-16-18(17)22(19,20)21;;/h2*12-13,15-16H,2-11,14H2,1H3,(H,19,20,21);;/q;;+1;-1. The molecule has 6 nitrogen and oxygen atoms in total. The van der Waals surface area contributed by atoms with Crippen LogP contribution in [-0.2, 0) is 33.1 Å². The molecule has 2 aromatic carbocycles. The minimum absolute atomic E-state index is 0. The smallest absolute Gasteiger partial charge is 1.00 e. The predicted molar refractivity (Wildman–Crippen MR) is 185 cm³/mol. The van der Waals surface area contributed by atoms with Crippen LogP contribution in [0.2, 0.25) is 0 Å². The summed E-state index contributed by atoms with van der Waals surface area (Å²) in [7, 11) is -8.19. The number of benzene rings is 2. The van der Waals surface area contributed by atoms with Gasteiger partial charge in [0.2, 0.25) is 0 Å². The number of hydrogen-bond donors (Lipinski definition) is 2. The van der Waals surface area contributed by atoms with Crippen LogP contribution >= 0.6 is 0 Å². The third kappa shape index (κ3) is 22.1. The van der Waals surface area contributed by atoms with Gasteiger partial charge in [-0.25, -0.2) is 0 Å². The Labute approximate surface area is 289 Å². The van der Waals surface area contributed by atoms with E-state index in [0.717, 1.165) is 36.8 Å². The van der Waals surface area contributed by atoms with Crippen LogP contribution in [0.1, 0.15) is 155 Å². The normalized spacial score (nSPS) is 11.5. The molecule has 0 fully saturated rings. The van der Waals surface area contributed by atoms with Gasteiger partial charge in [-0.15, -0.1) is 0 Å². The Bertz CT molecular complexity index is 1130. The van der Waals surface area contributed by atoms with Gasteiger partial charge in [0.05, 0.1) is 9.79 Å². The van der Waals surface area contributed by atoms with Gasteiger partial charge in [0, 0.05) is 0 Å². The molecule has 0 radical (unpaired) electrons. The van der Waals surface area contributed by atoms with E-state index in [1.807, 2.05) is 12.1 Å². The van der Waals surface area contributed by atoms with Crippen LogP contribution in [0.25, 0.3) is 0 Å². The van der Waals surface area contributed by atoms with Gasteiger partial charge < -0.3 is 1.43 Å². The molecular formula is C36H61LiO6S2. The van der Waals surface area contributed by atoms with Crippen LogP contribution in [0.3, 0.4) is 0 Å². The second-order valence-corrected chi connectivity index (χ2v) is 14.8. The third-order valence-electron chi connectivity index (χ3n) is 8.10. The second kappa shape index (κ2) is 26.9. The van der Waals surface area contributed by atoms with E-state index >= 15 is 0 Å². The summed E-state index contributed by atoms with van der Waals surface area (Å²) >= 11 is 0. The number of rotatable bonds is 24. The van der Waals surface area contributed by atoms with E-state index in [0.29, 0.717) is 12.8 Å². The van der Waals surface area contributed by atoms with Crippen molar-refractivity contribution in [1.29, 1.82) is 0 Å². The molecule has 254 valence electrons. The molecule has 0 heterocycles. The molecule has 0 atom stereocenters. The summed E-state index contributed by atoms with van der Waals surface area (Å²) < 4.78 is 63.6. The van der Waals surface area contributed by atoms with Crippen molar-refractivity contribution < 1.29 is 46.2 Å². The van der Waals surface area contributed by atoms with Crippen molar-refractivity contribution in [2.75, 3.05) is 0 Å². The van der Waals surface area contributed by atoms with E-state index in [9.17, 15) is 25.9 Å². The SMILES string of the molecule is CCCCCCCCCCCCc1ccccc1S(=O)(=O)O.CCCCCCCCCCCCc1ccccc1S(=O)(=O)O.[H-].[Li+]. The van der Waals surface area contributed by atoms with Crippen molar-refractivity contribution in [3.63, 3.8) is 0 Å². The first-order chi connectivity index (χ1) is 21.1. The first kappa shape index (κ1) is 43.9. The van der Waals surface area contributed by atoms with E-state index in [4.69, 9.17) is 0 Å².